The van der Waals surface area contributed by atoms with Crippen LogP contribution in [0, 0.1) is 20.8 Å². The number of aromatic nitrogens is 1. The van der Waals surface area contributed by atoms with Gasteiger partial charge in [-0.15, -0.1) is 0 Å². The van der Waals surface area contributed by atoms with E-state index < -0.39 is 0 Å². The first-order chi connectivity index (χ1) is 13.5. The molecule has 148 valence electrons. The summed E-state index contributed by atoms with van der Waals surface area (Å²) in [4.78, 5) is 9.30. The molecule has 0 saturated carbocycles. The fourth-order valence-corrected chi connectivity index (χ4v) is 2.79. The number of nitrogens with zero attached hydrogens (tertiary/aromatic N) is 3. The van der Waals surface area contributed by atoms with Gasteiger partial charge in [0, 0.05) is 7.05 Å². The molecule has 2 aromatic carbocycles. The number of rotatable bonds is 4. The molecule has 0 aliphatic carbocycles. The van der Waals surface area contributed by atoms with Crippen LogP contribution >= 0.6 is 20.2 Å². The van der Waals surface area contributed by atoms with Gasteiger partial charge in [0.15, 0.2) is 0 Å². The molecule has 3 rings (SSSR count). The number of hydrogen-bond acceptors (Lipinski definition) is 2. The Morgan fingerprint density at radius 2 is 1.25 bits per heavy atom. The molecular weight excluding hydrogens is 433 g/mol. The Balaban J connectivity index is 0.000000878. The molecule has 0 saturated heterocycles. The Morgan fingerprint density at radius 3 is 1.82 bits per heavy atom. The quantitative estimate of drug-likeness (QED) is 0.305. The zero-order valence-electron chi connectivity index (χ0n) is 16.3. The van der Waals surface area contributed by atoms with Gasteiger partial charge < -0.3 is 4.57 Å². The van der Waals surface area contributed by atoms with Crippen molar-refractivity contribution in [1.82, 2.24) is 4.57 Å². The van der Waals surface area contributed by atoms with Gasteiger partial charge in [-0.05, 0) is 55.7 Å². The van der Waals surface area contributed by atoms with Crippen molar-refractivity contribution in [3.63, 3.8) is 0 Å². The standard InChI is InChI=1S/C22H23N3.2ClH.Fe/c1-16-8-5-6-11-21(16)23-14-19-12-13-20(25(19)4)15-24-22-17(2)9-7-10-18(22)3;;;/h5-15H,1-4H3;2*1H;/q;;;+2/p-2. The molecule has 0 unspecified atom stereocenters. The van der Waals surface area contributed by atoms with E-state index in [1.807, 2.05) is 37.7 Å². The Labute approximate surface area is 181 Å². The van der Waals surface area contributed by atoms with E-state index in [1.165, 1.54) is 16.7 Å². The maximum atomic E-state index is 4.76. The third kappa shape index (κ3) is 6.08. The van der Waals surface area contributed by atoms with Crippen LogP contribution in [0.15, 0.2) is 64.6 Å². The molecule has 0 bridgehead atoms. The molecular formula is C22H23Cl2FeN3. The molecule has 0 aliphatic heterocycles. The summed E-state index contributed by atoms with van der Waals surface area (Å²) in [5.74, 6) is 0. The number of benzene rings is 2. The molecule has 0 fully saturated rings. The molecule has 0 amide bonds. The van der Waals surface area contributed by atoms with Gasteiger partial charge in [0.05, 0.1) is 35.2 Å². The first kappa shape index (κ1) is 22.4. The van der Waals surface area contributed by atoms with Crippen molar-refractivity contribution in [2.75, 3.05) is 0 Å². The first-order valence-corrected chi connectivity index (χ1v) is 11.7. The molecule has 28 heavy (non-hydrogen) atoms. The number of aliphatic imine (C=N–C) groups is 2. The van der Waals surface area contributed by atoms with E-state index in [2.05, 4.69) is 66.7 Å². The second-order valence-electron chi connectivity index (χ2n) is 6.34. The van der Waals surface area contributed by atoms with E-state index in [9.17, 15) is 0 Å². The van der Waals surface area contributed by atoms with Gasteiger partial charge in [0.2, 0.25) is 0 Å². The minimum absolute atomic E-state index is 0.194. The van der Waals surface area contributed by atoms with E-state index in [4.69, 9.17) is 25.2 Å². The molecule has 0 N–H and O–H groups in total. The molecule has 1 aromatic heterocycles. The van der Waals surface area contributed by atoms with E-state index in [0.29, 0.717) is 0 Å². The van der Waals surface area contributed by atoms with Gasteiger partial charge in [-0.3, -0.25) is 9.98 Å². The van der Waals surface area contributed by atoms with Crippen LogP contribution in [-0.4, -0.2) is 17.0 Å². The van der Waals surface area contributed by atoms with Crippen molar-refractivity contribution in [3.05, 3.63) is 82.7 Å². The molecule has 0 spiro atoms. The average Bonchev–Trinajstić information content (AvgIpc) is 3.01. The zero-order valence-corrected chi connectivity index (χ0v) is 18.9. The number of para-hydroxylation sites is 2. The monoisotopic (exact) mass is 455 g/mol. The molecule has 3 nitrogen and oxygen atoms in total. The molecule has 6 heteroatoms. The second kappa shape index (κ2) is 11.2. The summed E-state index contributed by atoms with van der Waals surface area (Å²) in [6, 6.07) is 18.5. The van der Waals surface area contributed by atoms with E-state index in [1.54, 1.807) is 0 Å². The van der Waals surface area contributed by atoms with Crippen LogP contribution < -0.4 is 0 Å². The first-order valence-electron chi connectivity index (χ1n) is 8.68. The molecule has 0 atom stereocenters. The molecule has 3 aromatic rings. The minimum atomic E-state index is 0.194. The van der Waals surface area contributed by atoms with Crippen molar-refractivity contribution in [3.8, 4) is 0 Å². The third-order valence-electron chi connectivity index (χ3n) is 4.42. The summed E-state index contributed by atoms with van der Waals surface area (Å²) in [5, 5.41) is 0. The zero-order chi connectivity index (χ0) is 20.5. The molecule has 0 aliphatic rings. The van der Waals surface area contributed by atoms with Crippen LogP contribution in [0.5, 0.6) is 0 Å². The maximum absolute atomic E-state index is 4.76. The Morgan fingerprint density at radius 1 is 0.750 bits per heavy atom. The van der Waals surface area contributed by atoms with Crippen LogP contribution in [0.25, 0.3) is 0 Å². The predicted molar refractivity (Wildman–Crippen MR) is 119 cm³/mol. The average molecular weight is 456 g/mol. The van der Waals surface area contributed by atoms with Crippen LogP contribution in [0.1, 0.15) is 28.1 Å². The molecule has 0 radical (unpaired) electrons. The summed E-state index contributed by atoms with van der Waals surface area (Å²) in [6.07, 6.45) is 3.82. The summed E-state index contributed by atoms with van der Waals surface area (Å²) in [7, 11) is 11.6. The van der Waals surface area contributed by atoms with Crippen molar-refractivity contribution in [2.24, 2.45) is 17.0 Å². The fraction of sp³-hybridized carbons (Fsp3) is 0.182. The van der Waals surface area contributed by atoms with Gasteiger partial charge in [-0.1, -0.05) is 36.4 Å². The van der Waals surface area contributed by atoms with E-state index >= 15 is 0 Å². The van der Waals surface area contributed by atoms with Gasteiger partial charge >= 0.3 is 33.3 Å². The second-order valence-corrected chi connectivity index (χ2v) is 8.16. The predicted octanol–water partition coefficient (Wildman–Crippen LogP) is 6.83. The Kier molecular flexibility index (Phi) is 9.00. The number of halogens is 2. The van der Waals surface area contributed by atoms with Gasteiger partial charge in [-0.25, -0.2) is 0 Å². The van der Waals surface area contributed by atoms with E-state index in [-0.39, 0.29) is 13.1 Å². The van der Waals surface area contributed by atoms with Gasteiger partial charge in [-0.2, -0.15) is 0 Å². The van der Waals surface area contributed by atoms with Crippen molar-refractivity contribution >= 4 is 44.0 Å². The van der Waals surface area contributed by atoms with Gasteiger partial charge in [0.1, 0.15) is 0 Å². The summed E-state index contributed by atoms with van der Waals surface area (Å²) in [6.45, 7) is 6.25. The third-order valence-corrected chi connectivity index (χ3v) is 4.42. The van der Waals surface area contributed by atoms with E-state index in [0.717, 1.165) is 22.8 Å². The van der Waals surface area contributed by atoms with Gasteiger partial charge in [0.25, 0.3) is 0 Å². The number of aryl methyl sites for hydroxylation is 3. The Hall–Kier alpha value is -1.84. The SMILES string of the molecule is Cc1ccccc1N=Cc1ccc(C=Nc2c(C)cccc2C)n1C.[Cl][Fe][Cl]. The summed E-state index contributed by atoms with van der Waals surface area (Å²) in [5.41, 5.74) is 7.68. The fourth-order valence-electron chi connectivity index (χ4n) is 2.79. The van der Waals surface area contributed by atoms with Crippen molar-refractivity contribution in [2.45, 2.75) is 20.8 Å². The van der Waals surface area contributed by atoms with Crippen molar-refractivity contribution in [1.29, 1.82) is 0 Å². The normalized spacial score (nSPS) is 11.2. The summed E-state index contributed by atoms with van der Waals surface area (Å²) < 4.78 is 2.10. The molecule has 1 heterocycles. The van der Waals surface area contributed by atoms with Crippen LogP contribution in [-0.2, 0) is 20.2 Å². The van der Waals surface area contributed by atoms with Crippen LogP contribution in [0.4, 0.5) is 11.4 Å². The van der Waals surface area contributed by atoms with Crippen LogP contribution in [0.2, 0.25) is 0 Å². The number of hydrogen-bond donors (Lipinski definition) is 0. The van der Waals surface area contributed by atoms with Crippen molar-refractivity contribution < 1.29 is 13.1 Å². The van der Waals surface area contributed by atoms with Crippen LogP contribution in [0.3, 0.4) is 0 Å². The Bertz CT molecular complexity index is 957. The summed E-state index contributed by atoms with van der Waals surface area (Å²) >= 11 is 0.194. The topological polar surface area (TPSA) is 29.6 Å².